The van der Waals surface area contributed by atoms with Gasteiger partial charge in [0.1, 0.15) is 5.82 Å². The van der Waals surface area contributed by atoms with Crippen molar-refractivity contribution in [2.45, 2.75) is 13.3 Å². The van der Waals surface area contributed by atoms with E-state index in [1.807, 2.05) is 13.0 Å². The molecular formula is C13H11FO2. The third-order valence-corrected chi connectivity index (χ3v) is 2.47. The minimum atomic E-state index is -0.910. The van der Waals surface area contributed by atoms with Crippen LogP contribution in [0.4, 0.5) is 4.39 Å². The van der Waals surface area contributed by atoms with E-state index in [0.717, 1.165) is 10.9 Å². The van der Waals surface area contributed by atoms with Crippen LogP contribution in [0.5, 0.6) is 0 Å². The Balaban J connectivity index is 2.57. The van der Waals surface area contributed by atoms with Crippen LogP contribution in [0.1, 0.15) is 11.1 Å². The SMILES string of the molecule is Cc1cc(F)c2cc(CC(=O)O)ccc2c1. The van der Waals surface area contributed by atoms with Crippen LogP contribution in [0.15, 0.2) is 30.3 Å². The van der Waals surface area contributed by atoms with E-state index in [1.165, 1.54) is 6.07 Å². The molecule has 0 amide bonds. The molecule has 0 aliphatic carbocycles. The molecule has 0 atom stereocenters. The molecule has 0 saturated carbocycles. The highest BCUT2D eigenvalue weighted by molar-refractivity contribution is 5.85. The number of aliphatic carboxylic acids is 1. The number of hydrogen-bond donors (Lipinski definition) is 1. The summed E-state index contributed by atoms with van der Waals surface area (Å²) < 4.78 is 13.6. The highest BCUT2D eigenvalue weighted by atomic mass is 19.1. The second-order valence-electron chi connectivity index (χ2n) is 3.87. The highest BCUT2D eigenvalue weighted by Crippen LogP contribution is 2.21. The van der Waals surface area contributed by atoms with Crippen molar-refractivity contribution in [1.82, 2.24) is 0 Å². The van der Waals surface area contributed by atoms with Crippen molar-refractivity contribution < 1.29 is 14.3 Å². The van der Waals surface area contributed by atoms with Gasteiger partial charge in [-0.2, -0.15) is 0 Å². The molecule has 0 spiro atoms. The van der Waals surface area contributed by atoms with Gasteiger partial charge >= 0.3 is 5.97 Å². The Labute approximate surface area is 92.3 Å². The average Bonchev–Trinajstić information content (AvgIpc) is 2.18. The molecule has 2 rings (SSSR count). The molecule has 0 aliphatic heterocycles. The van der Waals surface area contributed by atoms with Gasteiger partial charge in [-0.3, -0.25) is 4.79 Å². The quantitative estimate of drug-likeness (QED) is 0.841. The van der Waals surface area contributed by atoms with Crippen LogP contribution in [0.25, 0.3) is 10.8 Å². The number of benzene rings is 2. The maximum atomic E-state index is 13.6. The van der Waals surface area contributed by atoms with Crippen LogP contribution in [-0.2, 0) is 11.2 Å². The lowest BCUT2D eigenvalue weighted by molar-refractivity contribution is -0.136. The maximum Gasteiger partial charge on any atom is 0.307 e. The summed E-state index contributed by atoms with van der Waals surface area (Å²) in [4.78, 5) is 10.6. The Hall–Kier alpha value is -1.90. The van der Waals surface area contributed by atoms with E-state index < -0.39 is 5.97 Å². The van der Waals surface area contributed by atoms with Gasteiger partial charge < -0.3 is 5.11 Å². The fourth-order valence-electron chi connectivity index (χ4n) is 1.79. The normalized spacial score (nSPS) is 10.6. The number of hydrogen-bond acceptors (Lipinski definition) is 1. The van der Waals surface area contributed by atoms with Crippen LogP contribution in [-0.4, -0.2) is 11.1 Å². The van der Waals surface area contributed by atoms with E-state index in [-0.39, 0.29) is 12.2 Å². The summed E-state index contributed by atoms with van der Waals surface area (Å²) in [5.74, 6) is -1.21. The van der Waals surface area contributed by atoms with Crippen LogP contribution in [0, 0.1) is 12.7 Å². The van der Waals surface area contributed by atoms with Crippen molar-refractivity contribution in [1.29, 1.82) is 0 Å². The number of carbonyl (C=O) groups is 1. The fourth-order valence-corrected chi connectivity index (χ4v) is 1.79. The number of aryl methyl sites for hydroxylation is 1. The minimum absolute atomic E-state index is 0.0801. The third-order valence-electron chi connectivity index (χ3n) is 2.47. The Morgan fingerprint density at radius 2 is 2.06 bits per heavy atom. The monoisotopic (exact) mass is 218 g/mol. The van der Waals surface area contributed by atoms with Gasteiger partial charge in [-0.15, -0.1) is 0 Å². The standard InChI is InChI=1S/C13H11FO2/c1-8-4-10-3-2-9(7-13(15)16)6-11(10)12(14)5-8/h2-6H,7H2,1H3,(H,15,16). The number of fused-ring (bicyclic) bond motifs is 1. The first-order valence-corrected chi connectivity index (χ1v) is 4.97. The fraction of sp³-hybridized carbons (Fsp3) is 0.154. The third kappa shape index (κ3) is 2.03. The Bertz CT molecular complexity index is 561. The maximum absolute atomic E-state index is 13.6. The summed E-state index contributed by atoms with van der Waals surface area (Å²) in [5, 5.41) is 9.93. The topological polar surface area (TPSA) is 37.3 Å². The molecule has 0 aromatic heterocycles. The smallest absolute Gasteiger partial charge is 0.307 e. The van der Waals surface area contributed by atoms with Crippen molar-refractivity contribution in [2.24, 2.45) is 0 Å². The molecule has 0 saturated heterocycles. The van der Waals surface area contributed by atoms with E-state index in [2.05, 4.69) is 0 Å². The molecule has 1 N–H and O–H groups in total. The first kappa shape index (κ1) is 10.6. The number of carboxylic acids is 1. The highest BCUT2D eigenvalue weighted by Gasteiger charge is 2.05. The van der Waals surface area contributed by atoms with E-state index >= 15 is 0 Å². The number of carboxylic acid groups (broad SMARTS) is 1. The first-order chi connectivity index (χ1) is 7.56. The molecule has 2 aromatic carbocycles. The lowest BCUT2D eigenvalue weighted by Gasteiger charge is -2.04. The predicted molar refractivity (Wildman–Crippen MR) is 60.0 cm³/mol. The Kier molecular flexibility index (Phi) is 2.60. The molecule has 0 aliphatic rings. The van der Waals surface area contributed by atoms with Gasteiger partial charge in [0.15, 0.2) is 0 Å². The number of rotatable bonds is 2. The molecular weight excluding hydrogens is 207 g/mol. The van der Waals surface area contributed by atoms with Gasteiger partial charge in [0.2, 0.25) is 0 Å². The van der Waals surface area contributed by atoms with Crippen molar-refractivity contribution in [3.8, 4) is 0 Å². The lowest BCUT2D eigenvalue weighted by Crippen LogP contribution is -1.99. The van der Waals surface area contributed by atoms with E-state index in [4.69, 9.17) is 5.11 Å². The van der Waals surface area contributed by atoms with Crippen LogP contribution < -0.4 is 0 Å². The second kappa shape index (κ2) is 3.93. The van der Waals surface area contributed by atoms with E-state index in [1.54, 1.807) is 18.2 Å². The van der Waals surface area contributed by atoms with Crippen LogP contribution in [0.3, 0.4) is 0 Å². The molecule has 0 bridgehead atoms. The average molecular weight is 218 g/mol. The van der Waals surface area contributed by atoms with Crippen molar-refractivity contribution in [3.05, 3.63) is 47.3 Å². The largest absolute Gasteiger partial charge is 0.481 e. The summed E-state index contributed by atoms with van der Waals surface area (Å²) in [6.07, 6.45) is -0.0801. The van der Waals surface area contributed by atoms with Gasteiger partial charge in [0.25, 0.3) is 0 Å². The lowest BCUT2D eigenvalue weighted by atomic mass is 10.0. The van der Waals surface area contributed by atoms with Crippen molar-refractivity contribution in [2.75, 3.05) is 0 Å². The zero-order valence-corrected chi connectivity index (χ0v) is 8.83. The minimum Gasteiger partial charge on any atom is -0.481 e. The van der Waals surface area contributed by atoms with E-state index in [9.17, 15) is 9.18 Å². The summed E-state index contributed by atoms with van der Waals surface area (Å²) in [6.45, 7) is 1.83. The zero-order chi connectivity index (χ0) is 11.7. The summed E-state index contributed by atoms with van der Waals surface area (Å²) in [6, 6.07) is 8.40. The van der Waals surface area contributed by atoms with Gasteiger partial charge in [0, 0.05) is 5.39 Å². The molecule has 0 heterocycles. The molecule has 2 aromatic rings. The van der Waals surface area contributed by atoms with Gasteiger partial charge in [0.05, 0.1) is 6.42 Å². The molecule has 3 heteroatoms. The Morgan fingerprint density at radius 3 is 2.75 bits per heavy atom. The molecule has 16 heavy (non-hydrogen) atoms. The molecule has 0 radical (unpaired) electrons. The molecule has 0 unspecified atom stereocenters. The summed E-state index contributed by atoms with van der Waals surface area (Å²) >= 11 is 0. The van der Waals surface area contributed by atoms with Gasteiger partial charge in [-0.25, -0.2) is 4.39 Å². The van der Waals surface area contributed by atoms with Gasteiger partial charge in [-0.1, -0.05) is 18.2 Å². The number of halogens is 1. The first-order valence-electron chi connectivity index (χ1n) is 4.97. The van der Waals surface area contributed by atoms with Crippen molar-refractivity contribution >= 4 is 16.7 Å². The van der Waals surface area contributed by atoms with Crippen LogP contribution >= 0.6 is 0 Å². The second-order valence-corrected chi connectivity index (χ2v) is 3.87. The van der Waals surface area contributed by atoms with Crippen LogP contribution in [0.2, 0.25) is 0 Å². The summed E-state index contributed by atoms with van der Waals surface area (Å²) in [7, 11) is 0. The van der Waals surface area contributed by atoms with Crippen molar-refractivity contribution in [3.63, 3.8) is 0 Å². The molecule has 2 nitrogen and oxygen atoms in total. The predicted octanol–water partition coefficient (Wildman–Crippen LogP) is 2.91. The zero-order valence-electron chi connectivity index (χ0n) is 8.83. The van der Waals surface area contributed by atoms with E-state index in [0.29, 0.717) is 10.9 Å². The molecule has 0 fully saturated rings. The van der Waals surface area contributed by atoms with Gasteiger partial charge in [-0.05, 0) is 35.6 Å². The molecule has 82 valence electrons. The Morgan fingerprint density at radius 1 is 1.31 bits per heavy atom. The summed E-state index contributed by atoms with van der Waals surface area (Å²) in [5.41, 5.74) is 1.47.